The molecule has 28 heavy (non-hydrogen) atoms. The van der Waals surface area contributed by atoms with Crippen LogP contribution in [0.5, 0.6) is 11.5 Å². The highest BCUT2D eigenvalue weighted by molar-refractivity contribution is 5.92. The summed E-state index contributed by atoms with van der Waals surface area (Å²) >= 11 is 0. The third-order valence-electron chi connectivity index (χ3n) is 4.23. The summed E-state index contributed by atoms with van der Waals surface area (Å²) in [6, 6.07) is 15.7. The van der Waals surface area contributed by atoms with E-state index in [1.807, 2.05) is 31.2 Å². The number of hydrogen-bond acceptors (Lipinski definition) is 3. The van der Waals surface area contributed by atoms with Gasteiger partial charge in [0, 0.05) is 18.5 Å². The fourth-order valence-corrected chi connectivity index (χ4v) is 2.62. The average molecular weight is 376 g/mol. The van der Waals surface area contributed by atoms with E-state index in [-0.39, 0.29) is 17.8 Å². The number of pyridine rings is 1. The molecule has 2 aromatic carbocycles. The van der Waals surface area contributed by atoms with E-state index in [9.17, 15) is 9.18 Å². The molecular weight excluding hydrogens is 355 g/mol. The van der Waals surface area contributed by atoms with Crippen LogP contribution < -0.4 is 10.1 Å². The Morgan fingerprint density at radius 1 is 1.11 bits per heavy atom. The zero-order chi connectivity index (χ0) is 19.9. The number of hydrogen-bond donors (Lipinski definition) is 1. The Morgan fingerprint density at radius 3 is 2.64 bits per heavy atom. The number of nitrogens with one attached hydrogen (secondary N) is 1. The van der Waals surface area contributed by atoms with Crippen molar-refractivity contribution in [3.63, 3.8) is 0 Å². The van der Waals surface area contributed by atoms with E-state index in [0.29, 0.717) is 22.6 Å². The number of halogens is 1. The van der Waals surface area contributed by atoms with Crippen molar-refractivity contribution < 1.29 is 13.9 Å². The van der Waals surface area contributed by atoms with Crippen LogP contribution in [0.3, 0.4) is 0 Å². The number of carbonyl (C=O) groups excluding carboxylic acids is 1. The monoisotopic (exact) mass is 376 g/mol. The Bertz CT molecular complexity index is 987. The van der Waals surface area contributed by atoms with Crippen molar-refractivity contribution in [1.82, 2.24) is 10.3 Å². The van der Waals surface area contributed by atoms with Gasteiger partial charge < -0.3 is 10.1 Å². The standard InChI is InChI=1S/C23H21FN2O2/c1-16-6-7-18(14-22(16)24)8-9-23(27)26-17(2)19-4-3-5-21(15-19)28-20-10-12-25-13-11-20/h3-15,17H,1-2H3,(H,26,27)/b9-8+/t17-/m0/s1. The maximum atomic E-state index is 13.6. The molecule has 142 valence electrons. The first kappa shape index (κ1) is 19.3. The van der Waals surface area contributed by atoms with Gasteiger partial charge in [-0.15, -0.1) is 0 Å². The predicted molar refractivity (Wildman–Crippen MR) is 107 cm³/mol. The van der Waals surface area contributed by atoms with Crippen LogP contribution in [-0.2, 0) is 4.79 Å². The minimum Gasteiger partial charge on any atom is -0.457 e. The van der Waals surface area contributed by atoms with E-state index in [1.165, 1.54) is 12.1 Å². The van der Waals surface area contributed by atoms with E-state index in [0.717, 1.165) is 5.56 Å². The second-order valence-corrected chi connectivity index (χ2v) is 6.43. The number of benzene rings is 2. The van der Waals surface area contributed by atoms with Crippen molar-refractivity contribution in [3.8, 4) is 11.5 Å². The van der Waals surface area contributed by atoms with Crippen LogP contribution in [-0.4, -0.2) is 10.9 Å². The molecule has 0 saturated carbocycles. The zero-order valence-electron chi connectivity index (χ0n) is 15.7. The second-order valence-electron chi connectivity index (χ2n) is 6.43. The molecule has 4 nitrogen and oxygen atoms in total. The third kappa shape index (κ3) is 5.27. The molecule has 0 radical (unpaired) electrons. The van der Waals surface area contributed by atoms with Crippen LogP contribution in [0.4, 0.5) is 4.39 Å². The normalized spacial score (nSPS) is 12.0. The smallest absolute Gasteiger partial charge is 0.244 e. The van der Waals surface area contributed by atoms with Gasteiger partial charge in [0.2, 0.25) is 5.91 Å². The van der Waals surface area contributed by atoms with Crippen LogP contribution >= 0.6 is 0 Å². The molecule has 1 amide bonds. The molecule has 0 aliphatic carbocycles. The Labute approximate surface area is 163 Å². The third-order valence-corrected chi connectivity index (χ3v) is 4.23. The SMILES string of the molecule is Cc1ccc(/C=C/C(=O)N[C@@H](C)c2cccc(Oc3ccncc3)c2)cc1F. The lowest BCUT2D eigenvalue weighted by Crippen LogP contribution is -2.24. The van der Waals surface area contributed by atoms with E-state index in [1.54, 1.807) is 49.7 Å². The maximum Gasteiger partial charge on any atom is 0.244 e. The molecule has 3 aromatic rings. The first-order valence-corrected chi connectivity index (χ1v) is 8.94. The van der Waals surface area contributed by atoms with Crippen LogP contribution in [0.2, 0.25) is 0 Å². The van der Waals surface area contributed by atoms with Crippen LogP contribution in [0.15, 0.2) is 73.1 Å². The summed E-state index contributed by atoms with van der Waals surface area (Å²) in [5.41, 5.74) is 2.12. The Balaban J connectivity index is 1.62. The van der Waals surface area contributed by atoms with Gasteiger partial charge in [-0.2, -0.15) is 0 Å². The van der Waals surface area contributed by atoms with Crippen LogP contribution in [0, 0.1) is 12.7 Å². The van der Waals surface area contributed by atoms with Gasteiger partial charge in [0.15, 0.2) is 0 Å². The van der Waals surface area contributed by atoms with Crippen molar-refractivity contribution in [2.75, 3.05) is 0 Å². The largest absolute Gasteiger partial charge is 0.457 e. The van der Waals surface area contributed by atoms with Gasteiger partial charge in [-0.3, -0.25) is 9.78 Å². The molecule has 5 heteroatoms. The molecule has 0 spiro atoms. The summed E-state index contributed by atoms with van der Waals surface area (Å²) in [7, 11) is 0. The number of aryl methyl sites for hydroxylation is 1. The van der Waals surface area contributed by atoms with Crippen molar-refractivity contribution in [2.24, 2.45) is 0 Å². The molecule has 3 rings (SSSR count). The zero-order valence-corrected chi connectivity index (χ0v) is 15.7. The van der Waals surface area contributed by atoms with Gasteiger partial charge in [-0.25, -0.2) is 4.39 Å². The fourth-order valence-electron chi connectivity index (χ4n) is 2.62. The molecule has 1 heterocycles. The molecular formula is C23H21FN2O2. The fraction of sp³-hybridized carbons (Fsp3) is 0.130. The van der Waals surface area contributed by atoms with Crippen molar-refractivity contribution in [3.05, 3.63) is 95.6 Å². The topological polar surface area (TPSA) is 51.2 Å². The minimum absolute atomic E-state index is 0.215. The molecule has 1 N–H and O–H groups in total. The van der Waals surface area contributed by atoms with Crippen molar-refractivity contribution >= 4 is 12.0 Å². The Morgan fingerprint density at radius 2 is 1.89 bits per heavy atom. The highest BCUT2D eigenvalue weighted by Gasteiger charge is 2.09. The van der Waals surface area contributed by atoms with Crippen LogP contribution in [0.25, 0.3) is 6.08 Å². The van der Waals surface area contributed by atoms with E-state index in [4.69, 9.17) is 4.74 Å². The number of nitrogens with zero attached hydrogens (tertiary/aromatic N) is 1. The van der Waals surface area contributed by atoms with Gasteiger partial charge in [-0.1, -0.05) is 24.3 Å². The van der Waals surface area contributed by atoms with Gasteiger partial charge in [-0.05, 0) is 66.9 Å². The summed E-state index contributed by atoms with van der Waals surface area (Å²) in [4.78, 5) is 16.2. The second kappa shape index (κ2) is 8.95. The lowest BCUT2D eigenvalue weighted by Gasteiger charge is -2.14. The molecule has 0 aliphatic rings. The first-order chi connectivity index (χ1) is 13.5. The maximum absolute atomic E-state index is 13.6. The van der Waals surface area contributed by atoms with Crippen molar-refractivity contribution in [2.45, 2.75) is 19.9 Å². The lowest BCUT2D eigenvalue weighted by atomic mass is 10.1. The molecule has 1 atom stereocenters. The van der Waals surface area contributed by atoms with E-state index < -0.39 is 0 Å². The summed E-state index contributed by atoms with van der Waals surface area (Å²) in [6.45, 7) is 3.59. The number of amides is 1. The summed E-state index contributed by atoms with van der Waals surface area (Å²) in [5.74, 6) is 0.823. The molecule has 1 aromatic heterocycles. The number of aromatic nitrogens is 1. The summed E-state index contributed by atoms with van der Waals surface area (Å²) in [5, 5.41) is 2.90. The van der Waals surface area contributed by atoms with E-state index in [2.05, 4.69) is 10.3 Å². The Kier molecular flexibility index (Phi) is 6.17. The summed E-state index contributed by atoms with van der Waals surface area (Å²) < 4.78 is 19.4. The van der Waals surface area contributed by atoms with Crippen LogP contribution in [0.1, 0.15) is 29.7 Å². The quantitative estimate of drug-likeness (QED) is 0.601. The first-order valence-electron chi connectivity index (χ1n) is 8.94. The minimum atomic E-state index is -0.290. The number of ether oxygens (including phenoxy) is 1. The molecule has 0 fully saturated rings. The summed E-state index contributed by atoms with van der Waals surface area (Å²) in [6.07, 6.45) is 6.31. The highest BCUT2D eigenvalue weighted by Crippen LogP contribution is 2.24. The molecule has 0 saturated heterocycles. The van der Waals surface area contributed by atoms with Gasteiger partial charge in [0.1, 0.15) is 17.3 Å². The molecule has 0 bridgehead atoms. The van der Waals surface area contributed by atoms with Gasteiger partial charge in [0.05, 0.1) is 6.04 Å². The number of carbonyl (C=O) groups is 1. The van der Waals surface area contributed by atoms with E-state index >= 15 is 0 Å². The van der Waals surface area contributed by atoms with Gasteiger partial charge >= 0.3 is 0 Å². The Hall–Kier alpha value is -3.47. The highest BCUT2D eigenvalue weighted by atomic mass is 19.1. The predicted octanol–water partition coefficient (Wildman–Crippen LogP) is 5.21. The van der Waals surface area contributed by atoms with Crippen molar-refractivity contribution in [1.29, 1.82) is 0 Å². The lowest BCUT2D eigenvalue weighted by molar-refractivity contribution is -0.117. The molecule has 0 unspecified atom stereocenters. The number of rotatable bonds is 6. The average Bonchev–Trinajstić information content (AvgIpc) is 2.70. The molecule has 0 aliphatic heterocycles. The van der Waals surface area contributed by atoms with Gasteiger partial charge in [0.25, 0.3) is 0 Å².